The van der Waals surface area contributed by atoms with Crippen LogP contribution in [0, 0.1) is 0 Å². The molecular weight excluding hydrogens is 292 g/mol. The van der Waals surface area contributed by atoms with Crippen molar-refractivity contribution in [2.45, 2.75) is 12.6 Å². The number of urea groups is 1. The Balaban J connectivity index is 1.91. The van der Waals surface area contributed by atoms with Gasteiger partial charge >= 0.3 is 12.0 Å². The van der Waals surface area contributed by atoms with Crippen LogP contribution in [0.5, 0.6) is 5.75 Å². The second kappa shape index (κ2) is 7.21. The molecule has 0 spiro atoms. The van der Waals surface area contributed by atoms with Gasteiger partial charge in [-0.3, -0.25) is 0 Å². The molecule has 0 aromatic heterocycles. The molecule has 1 fully saturated rings. The topological polar surface area (TPSA) is 78.9 Å². The molecule has 1 atom stereocenters. The van der Waals surface area contributed by atoms with Gasteiger partial charge in [0.25, 0.3) is 0 Å². The van der Waals surface area contributed by atoms with Crippen molar-refractivity contribution < 1.29 is 19.4 Å². The molecule has 6 nitrogen and oxygen atoms in total. The number of ether oxygens (including phenoxy) is 1. The Bertz CT molecular complexity index is 506. The molecule has 1 heterocycles. The number of aliphatic carboxylic acids is 1. The molecule has 0 bridgehead atoms. The first kappa shape index (κ1) is 15.5. The van der Waals surface area contributed by atoms with E-state index in [2.05, 4.69) is 5.32 Å². The lowest BCUT2D eigenvalue weighted by molar-refractivity contribution is -0.141. The molecule has 1 aliphatic rings. The van der Waals surface area contributed by atoms with E-state index < -0.39 is 12.0 Å². The zero-order chi connectivity index (χ0) is 15.2. The molecule has 1 unspecified atom stereocenters. The largest absolute Gasteiger partial charge is 0.497 e. The quantitative estimate of drug-likeness (QED) is 0.879. The van der Waals surface area contributed by atoms with Crippen LogP contribution in [0.3, 0.4) is 0 Å². The van der Waals surface area contributed by atoms with Crippen LogP contribution in [-0.4, -0.2) is 53.2 Å². The van der Waals surface area contributed by atoms with Gasteiger partial charge in [-0.2, -0.15) is 11.8 Å². The van der Waals surface area contributed by atoms with Gasteiger partial charge in [0.05, 0.1) is 7.11 Å². The van der Waals surface area contributed by atoms with Crippen molar-refractivity contribution in [1.29, 1.82) is 0 Å². The Morgan fingerprint density at radius 2 is 2.14 bits per heavy atom. The SMILES string of the molecule is COc1ccc(CNC(=O)N2CCSCC2C(=O)O)cc1. The first-order valence-electron chi connectivity index (χ1n) is 6.60. The third-order valence-corrected chi connectivity index (χ3v) is 4.30. The Kier molecular flexibility index (Phi) is 5.32. The van der Waals surface area contributed by atoms with Crippen LogP contribution in [0.15, 0.2) is 24.3 Å². The van der Waals surface area contributed by atoms with Crippen LogP contribution in [0.2, 0.25) is 0 Å². The molecule has 2 amide bonds. The van der Waals surface area contributed by atoms with Gasteiger partial charge in [-0.15, -0.1) is 0 Å². The summed E-state index contributed by atoms with van der Waals surface area (Å²) in [7, 11) is 1.59. The molecule has 1 aliphatic heterocycles. The normalized spacial score (nSPS) is 18.1. The van der Waals surface area contributed by atoms with E-state index in [9.17, 15) is 9.59 Å². The van der Waals surface area contributed by atoms with E-state index in [-0.39, 0.29) is 6.03 Å². The highest BCUT2D eigenvalue weighted by atomic mass is 32.2. The fourth-order valence-corrected chi connectivity index (χ4v) is 3.11. The number of carbonyl (C=O) groups excluding carboxylic acids is 1. The highest BCUT2D eigenvalue weighted by Gasteiger charge is 2.32. The van der Waals surface area contributed by atoms with Gasteiger partial charge in [0.15, 0.2) is 0 Å². The first-order chi connectivity index (χ1) is 10.1. The van der Waals surface area contributed by atoms with Crippen LogP contribution in [0.25, 0.3) is 0 Å². The van der Waals surface area contributed by atoms with E-state index >= 15 is 0 Å². The van der Waals surface area contributed by atoms with E-state index in [0.717, 1.165) is 17.1 Å². The standard InChI is InChI=1S/C14H18N2O4S/c1-20-11-4-2-10(3-5-11)8-15-14(19)16-6-7-21-9-12(16)13(17)18/h2-5,12H,6-9H2,1H3,(H,15,19)(H,17,18). The van der Waals surface area contributed by atoms with E-state index in [1.54, 1.807) is 18.9 Å². The molecular formula is C14H18N2O4S. The van der Waals surface area contributed by atoms with Crippen LogP contribution >= 0.6 is 11.8 Å². The highest BCUT2D eigenvalue weighted by Crippen LogP contribution is 2.17. The van der Waals surface area contributed by atoms with Gasteiger partial charge in [-0.1, -0.05) is 12.1 Å². The third-order valence-electron chi connectivity index (χ3n) is 3.28. The number of carboxylic acid groups (broad SMARTS) is 1. The summed E-state index contributed by atoms with van der Waals surface area (Å²) in [5.74, 6) is 0.997. The number of nitrogens with one attached hydrogen (secondary N) is 1. The predicted octanol–water partition coefficient (Wildman–Crippen LogP) is 1.41. The van der Waals surface area contributed by atoms with E-state index in [0.29, 0.717) is 18.8 Å². The fourth-order valence-electron chi connectivity index (χ4n) is 2.07. The molecule has 0 saturated carbocycles. The van der Waals surface area contributed by atoms with Crippen molar-refractivity contribution >= 4 is 23.8 Å². The van der Waals surface area contributed by atoms with Gasteiger partial charge in [-0.05, 0) is 17.7 Å². The minimum atomic E-state index is -0.957. The van der Waals surface area contributed by atoms with Crippen LogP contribution in [0.4, 0.5) is 4.79 Å². The lowest BCUT2D eigenvalue weighted by Gasteiger charge is -2.32. The molecule has 21 heavy (non-hydrogen) atoms. The molecule has 0 aliphatic carbocycles. The number of benzene rings is 1. The first-order valence-corrected chi connectivity index (χ1v) is 7.75. The number of amides is 2. The predicted molar refractivity (Wildman–Crippen MR) is 80.7 cm³/mol. The number of hydrogen-bond donors (Lipinski definition) is 2. The van der Waals surface area contributed by atoms with Crippen molar-refractivity contribution in [1.82, 2.24) is 10.2 Å². The van der Waals surface area contributed by atoms with Crippen molar-refractivity contribution in [3.05, 3.63) is 29.8 Å². The maximum Gasteiger partial charge on any atom is 0.327 e. The lowest BCUT2D eigenvalue weighted by atomic mass is 10.2. The third kappa shape index (κ3) is 4.04. The molecule has 114 valence electrons. The van der Waals surface area contributed by atoms with Crippen LogP contribution in [0.1, 0.15) is 5.56 Å². The number of nitrogens with zero attached hydrogens (tertiary/aromatic N) is 1. The van der Waals surface area contributed by atoms with Gasteiger partial charge in [-0.25, -0.2) is 9.59 Å². The molecule has 0 radical (unpaired) electrons. The van der Waals surface area contributed by atoms with Crippen molar-refractivity contribution in [3.8, 4) is 5.75 Å². The van der Waals surface area contributed by atoms with Crippen LogP contribution < -0.4 is 10.1 Å². The molecule has 2 N–H and O–H groups in total. The molecule has 1 saturated heterocycles. The van der Waals surface area contributed by atoms with Gasteiger partial charge in [0.2, 0.25) is 0 Å². The summed E-state index contributed by atoms with van der Waals surface area (Å²) in [5.41, 5.74) is 0.933. The number of rotatable bonds is 4. The minimum absolute atomic E-state index is 0.335. The summed E-state index contributed by atoms with van der Waals surface area (Å²) in [4.78, 5) is 24.7. The lowest BCUT2D eigenvalue weighted by Crippen LogP contribution is -2.53. The summed E-state index contributed by atoms with van der Waals surface area (Å²) < 4.78 is 5.07. The molecule has 2 rings (SSSR count). The van der Waals surface area contributed by atoms with Crippen LogP contribution in [-0.2, 0) is 11.3 Å². The number of methoxy groups -OCH3 is 1. The van der Waals surface area contributed by atoms with Gasteiger partial charge in [0, 0.05) is 24.6 Å². The van der Waals surface area contributed by atoms with Gasteiger partial charge in [0.1, 0.15) is 11.8 Å². The smallest absolute Gasteiger partial charge is 0.327 e. The van der Waals surface area contributed by atoms with Crippen molar-refractivity contribution in [3.63, 3.8) is 0 Å². The summed E-state index contributed by atoms with van der Waals surface area (Å²) in [6.45, 7) is 0.814. The Morgan fingerprint density at radius 1 is 1.43 bits per heavy atom. The number of thioether (sulfide) groups is 1. The Hall–Kier alpha value is -1.89. The second-order valence-corrected chi connectivity index (χ2v) is 5.78. The summed E-state index contributed by atoms with van der Waals surface area (Å²) in [6, 6.07) is 6.27. The van der Waals surface area contributed by atoms with E-state index in [1.807, 2.05) is 24.3 Å². The minimum Gasteiger partial charge on any atom is -0.497 e. The Morgan fingerprint density at radius 3 is 2.76 bits per heavy atom. The summed E-state index contributed by atoms with van der Waals surface area (Å²) in [6.07, 6.45) is 0. The summed E-state index contributed by atoms with van der Waals surface area (Å²) >= 11 is 1.55. The maximum atomic E-state index is 12.1. The summed E-state index contributed by atoms with van der Waals surface area (Å²) in [5, 5.41) is 11.9. The zero-order valence-electron chi connectivity index (χ0n) is 11.7. The molecule has 1 aromatic rings. The van der Waals surface area contributed by atoms with E-state index in [4.69, 9.17) is 9.84 Å². The molecule has 7 heteroatoms. The zero-order valence-corrected chi connectivity index (χ0v) is 12.6. The van der Waals surface area contributed by atoms with Crippen molar-refractivity contribution in [2.24, 2.45) is 0 Å². The highest BCUT2D eigenvalue weighted by molar-refractivity contribution is 7.99. The van der Waals surface area contributed by atoms with Crippen molar-refractivity contribution in [2.75, 3.05) is 25.2 Å². The second-order valence-electron chi connectivity index (χ2n) is 4.63. The number of carbonyl (C=O) groups is 2. The molecule has 1 aromatic carbocycles. The van der Waals surface area contributed by atoms with Gasteiger partial charge < -0.3 is 20.1 Å². The average molecular weight is 310 g/mol. The monoisotopic (exact) mass is 310 g/mol. The number of carboxylic acids is 1. The van der Waals surface area contributed by atoms with E-state index in [1.165, 1.54) is 4.90 Å². The fraction of sp³-hybridized carbons (Fsp3) is 0.429. The Labute approximate surface area is 127 Å². The number of hydrogen-bond acceptors (Lipinski definition) is 4. The maximum absolute atomic E-state index is 12.1. The average Bonchev–Trinajstić information content (AvgIpc) is 2.53.